The second-order valence-corrected chi connectivity index (χ2v) is 3.33. The molecule has 2 heteroatoms. The molecule has 0 aliphatic heterocycles. The van der Waals surface area contributed by atoms with Crippen molar-refractivity contribution >= 4 is 0 Å². The van der Waals surface area contributed by atoms with Crippen LogP contribution in [0.15, 0.2) is 0 Å². The zero-order valence-corrected chi connectivity index (χ0v) is 7.55. The Labute approximate surface area is 69.1 Å². The maximum atomic E-state index is 5.92. The van der Waals surface area contributed by atoms with Crippen molar-refractivity contribution in [1.82, 2.24) is 0 Å². The monoisotopic (exact) mass is 157 g/mol. The fourth-order valence-electron chi connectivity index (χ4n) is 1.46. The molecule has 1 aliphatic carbocycles. The normalized spacial score (nSPS) is 23.2. The largest absolute Gasteiger partial charge is 0.377 e. The molecule has 0 saturated heterocycles. The molecule has 0 spiro atoms. The lowest BCUT2D eigenvalue weighted by atomic mass is 10.1. The Kier molecular flexibility index (Phi) is 3.34. The Balaban J connectivity index is 2.30. The van der Waals surface area contributed by atoms with Crippen molar-refractivity contribution in [2.75, 3.05) is 6.61 Å². The lowest BCUT2D eigenvalue weighted by molar-refractivity contribution is 0.0279. The fourth-order valence-corrected chi connectivity index (χ4v) is 1.46. The van der Waals surface area contributed by atoms with Crippen LogP contribution >= 0.6 is 0 Å². The number of nitrogens with two attached hydrogens (primary N) is 1. The van der Waals surface area contributed by atoms with Gasteiger partial charge in [-0.1, -0.05) is 6.92 Å². The van der Waals surface area contributed by atoms with E-state index in [-0.39, 0.29) is 6.04 Å². The van der Waals surface area contributed by atoms with E-state index < -0.39 is 0 Å². The first-order valence-electron chi connectivity index (χ1n) is 4.66. The number of hydrogen-bond donors (Lipinski definition) is 1. The van der Waals surface area contributed by atoms with Gasteiger partial charge in [0.1, 0.15) is 0 Å². The van der Waals surface area contributed by atoms with E-state index in [2.05, 4.69) is 6.92 Å². The molecule has 0 aromatic heterocycles. The predicted molar refractivity (Wildman–Crippen MR) is 46.4 cm³/mol. The predicted octanol–water partition coefficient (Wildman–Crippen LogP) is 1.54. The first kappa shape index (κ1) is 9.01. The molecule has 66 valence electrons. The lowest BCUT2D eigenvalue weighted by Crippen LogP contribution is -2.37. The van der Waals surface area contributed by atoms with E-state index in [9.17, 15) is 0 Å². The van der Waals surface area contributed by atoms with Crippen LogP contribution < -0.4 is 5.73 Å². The molecule has 0 bridgehead atoms. The van der Waals surface area contributed by atoms with Crippen LogP contribution in [0.25, 0.3) is 0 Å². The Morgan fingerprint density at radius 3 is 2.45 bits per heavy atom. The summed E-state index contributed by atoms with van der Waals surface area (Å²) in [5, 5.41) is 0. The number of rotatable bonds is 5. The van der Waals surface area contributed by atoms with Crippen molar-refractivity contribution < 1.29 is 4.74 Å². The average Bonchev–Trinajstić information content (AvgIpc) is 2.81. The molecule has 2 N–H and O–H groups in total. The molecule has 1 rings (SSSR count). The molecule has 11 heavy (non-hydrogen) atoms. The molecule has 1 saturated carbocycles. The van der Waals surface area contributed by atoms with Gasteiger partial charge in [-0.15, -0.1) is 0 Å². The third-order valence-corrected chi connectivity index (χ3v) is 2.34. The molecule has 1 aliphatic rings. The van der Waals surface area contributed by atoms with Gasteiger partial charge >= 0.3 is 0 Å². The summed E-state index contributed by atoms with van der Waals surface area (Å²) in [5.41, 5.74) is 5.92. The average molecular weight is 157 g/mol. The Morgan fingerprint density at radius 2 is 2.09 bits per heavy atom. The van der Waals surface area contributed by atoms with Crippen LogP contribution in [0, 0.1) is 5.92 Å². The summed E-state index contributed by atoms with van der Waals surface area (Å²) in [4.78, 5) is 0. The Bertz CT molecular complexity index is 112. The van der Waals surface area contributed by atoms with E-state index in [1.165, 1.54) is 12.8 Å². The fraction of sp³-hybridized carbons (Fsp3) is 1.00. The number of ether oxygens (including phenoxy) is 1. The summed E-state index contributed by atoms with van der Waals surface area (Å²) in [7, 11) is 0. The standard InChI is InChI=1S/C9H19NO/c1-3-8(10)9(11-4-2)7-5-6-7/h7-9H,3-6,10H2,1-2H3/t8-,9?/m0/s1. The molecule has 0 amide bonds. The SMILES string of the molecule is CCOC(C1CC1)[C@@H](N)CC. The van der Waals surface area contributed by atoms with Crippen LogP contribution in [0.1, 0.15) is 33.1 Å². The van der Waals surface area contributed by atoms with Gasteiger partial charge in [0.2, 0.25) is 0 Å². The quantitative estimate of drug-likeness (QED) is 0.657. The van der Waals surface area contributed by atoms with Crippen molar-refractivity contribution in [3.63, 3.8) is 0 Å². The van der Waals surface area contributed by atoms with Crippen LogP contribution in [-0.2, 0) is 4.74 Å². The van der Waals surface area contributed by atoms with E-state index in [0.717, 1.165) is 18.9 Å². The van der Waals surface area contributed by atoms with Crippen molar-refractivity contribution in [1.29, 1.82) is 0 Å². The highest BCUT2D eigenvalue weighted by Crippen LogP contribution is 2.35. The van der Waals surface area contributed by atoms with Gasteiger partial charge in [0, 0.05) is 12.6 Å². The van der Waals surface area contributed by atoms with Gasteiger partial charge in [-0.25, -0.2) is 0 Å². The maximum Gasteiger partial charge on any atom is 0.0753 e. The highest BCUT2D eigenvalue weighted by atomic mass is 16.5. The summed E-state index contributed by atoms with van der Waals surface area (Å²) in [5.74, 6) is 0.768. The van der Waals surface area contributed by atoms with Gasteiger partial charge in [-0.3, -0.25) is 0 Å². The van der Waals surface area contributed by atoms with Crippen molar-refractivity contribution in [2.45, 2.75) is 45.3 Å². The van der Waals surface area contributed by atoms with E-state index >= 15 is 0 Å². The highest BCUT2D eigenvalue weighted by molar-refractivity contribution is 4.88. The van der Waals surface area contributed by atoms with E-state index in [0.29, 0.717) is 6.10 Å². The van der Waals surface area contributed by atoms with Gasteiger partial charge in [-0.05, 0) is 32.1 Å². The van der Waals surface area contributed by atoms with Crippen LogP contribution in [0.4, 0.5) is 0 Å². The molecule has 2 atom stereocenters. The first-order valence-corrected chi connectivity index (χ1v) is 4.66. The summed E-state index contributed by atoms with van der Waals surface area (Å²) >= 11 is 0. The molecule has 2 nitrogen and oxygen atoms in total. The van der Waals surface area contributed by atoms with Gasteiger partial charge < -0.3 is 10.5 Å². The molecular formula is C9H19NO. The zero-order chi connectivity index (χ0) is 8.27. The Morgan fingerprint density at radius 1 is 1.45 bits per heavy atom. The molecule has 0 aromatic carbocycles. The minimum Gasteiger partial charge on any atom is -0.377 e. The van der Waals surface area contributed by atoms with Gasteiger partial charge in [0.15, 0.2) is 0 Å². The van der Waals surface area contributed by atoms with Gasteiger partial charge in [0.05, 0.1) is 6.10 Å². The molecule has 1 unspecified atom stereocenters. The van der Waals surface area contributed by atoms with Crippen LogP contribution in [0.5, 0.6) is 0 Å². The third kappa shape index (κ3) is 2.46. The smallest absolute Gasteiger partial charge is 0.0753 e. The minimum absolute atomic E-state index is 0.252. The van der Waals surface area contributed by atoms with Crippen molar-refractivity contribution in [2.24, 2.45) is 11.7 Å². The van der Waals surface area contributed by atoms with Crippen LogP contribution in [0.3, 0.4) is 0 Å². The highest BCUT2D eigenvalue weighted by Gasteiger charge is 2.34. The van der Waals surface area contributed by atoms with E-state index in [1.807, 2.05) is 6.92 Å². The van der Waals surface area contributed by atoms with E-state index in [1.54, 1.807) is 0 Å². The molecular weight excluding hydrogens is 138 g/mol. The first-order chi connectivity index (χ1) is 5.29. The summed E-state index contributed by atoms with van der Waals surface area (Å²) in [6, 6.07) is 0.252. The van der Waals surface area contributed by atoms with Crippen molar-refractivity contribution in [3.8, 4) is 0 Å². The van der Waals surface area contributed by atoms with Crippen LogP contribution in [-0.4, -0.2) is 18.8 Å². The minimum atomic E-state index is 0.252. The molecule has 0 heterocycles. The molecule has 0 aromatic rings. The second kappa shape index (κ2) is 4.07. The summed E-state index contributed by atoms with van der Waals surface area (Å²) in [6.45, 7) is 4.96. The van der Waals surface area contributed by atoms with Gasteiger partial charge in [0.25, 0.3) is 0 Å². The van der Waals surface area contributed by atoms with Gasteiger partial charge in [-0.2, -0.15) is 0 Å². The lowest BCUT2D eigenvalue weighted by Gasteiger charge is -2.22. The zero-order valence-electron chi connectivity index (χ0n) is 7.55. The second-order valence-electron chi connectivity index (χ2n) is 3.33. The topological polar surface area (TPSA) is 35.2 Å². The summed E-state index contributed by atoms with van der Waals surface area (Å²) < 4.78 is 5.59. The maximum absolute atomic E-state index is 5.92. The number of hydrogen-bond acceptors (Lipinski definition) is 2. The Hall–Kier alpha value is -0.0800. The van der Waals surface area contributed by atoms with Crippen LogP contribution in [0.2, 0.25) is 0 Å². The molecule has 1 fully saturated rings. The van der Waals surface area contributed by atoms with E-state index in [4.69, 9.17) is 10.5 Å². The summed E-state index contributed by atoms with van der Waals surface area (Å²) in [6.07, 6.45) is 4.00. The van der Waals surface area contributed by atoms with Crippen molar-refractivity contribution in [3.05, 3.63) is 0 Å². The third-order valence-electron chi connectivity index (χ3n) is 2.34. The molecule has 0 radical (unpaired) electrons.